The summed E-state index contributed by atoms with van der Waals surface area (Å²) in [6.45, 7) is 1.93. The van der Waals surface area contributed by atoms with E-state index >= 15 is 0 Å². The highest BCUT2D eigenvalue weighted by Gasteiger charge is 2.11. The van der Waals surface area contributed by atoms with Crippen molar-refractivity contribution >= 4 is 49.9 Å². The van der Waals surface area contributed by atoms with E-state index < -0.39 is 0 Å². The van der Waals surface area contributed by atoms with Gasteiger partial charge in [0, 0.05) is 10.9 Å². The minimum atomic E-state index is -0.344. The van der Waals surface area contributed by atoms with Gasteiger partial charge in [0.1, 0.15) is 10.8 Å². The largest absolute Gasteiger partial charge is 0.484 e. The molecule has 0 bridgehead atoms. The summed E-state index contributed by atoms with van der Waals surface area (Å²) in [5.74, 6) is -0.0854. The summed E-state index contributed by atoms with van der Waals surface area (Å²) in [7, 11) is 0. The molecule has 0 aliphatic carbocycles. The maximum Gasteiger partial charge on any atom is 0.311 e. The minimum absolute atomic E-state index is 0.0811. The topological polar surface area (TPSA) is 90.4 Å². The molecule has 0 spiro atoms. The van der Waals surface area contributed by atoms with Gasteiger partial charge in [-0.2, -0.15) is 0 Å². The van der Waals surface area contributed by atoms with Crippen molar-refractivity contribution in [1.82, 2.24) is 9.97 Å². The van der Waals surface area contributed by atoms with Gasteiger partial charge in [-0.05, 0) is 43.3 Å². The number of esters is 1. The second kappa shape index (κ2) is 9.67. The number of benzene rings is 2. The highest BCUT2D eigenvalue weighted by Crippen LogP contribution is 2.30. The number of amides is 1. The number of hydrogen-bond donors (Lipinski definition) is 1. The Morgan fingerprint density at radius 2 is 1.87 bits per heavy atom. The molecule has 0 aliphatic rings. The Hall–Kier alpha value is -3.30. The summed E-state index contributed by atoms with van der Waals surface area (Å²) in [4.78, 5) is 32.5. The summed E-state index contributed by atoms with van der Waals surface area (Å²) in [5, 5.41) is 5.74. The molecule has 0 aliphatic heterocycles. The van der Waals surface area contributed by atoms with Gasteiger partial charge in [0.05, 0.1) is 28.9 Å². The average Bonchev–Trinajstić information content (AvgIpc) is 3.39. The van der Waals surface area contributed by atoms with Crippen LogP contribution in [0.25, 0.3) is 20.8 Å². The molecule has 7 nitrogen and oxygen atoms in total. The second-order valence-electron chi connectivity index (χ2n) is 6.47. The van der Waals surface area contributed by atoms with Gasteiger partial charge in [-0.15, -0.1) is 22.7 Å². The number of anilines is 1. The lowest BCUT2D eigenvalue weighted by atomic mass is 10.2. The van der Waals surface area contributed by atoms with Crippen LogP contribution in [-0.4, -0.2) is 35.1 Å². The molecular formula is C22H19N3O4S2. The third kappa shape index (κ3) is 5.44. The summed E-state index contributed by atoms with van der Waals surface area (Å²) >= 11 is 2.88. The van der Waals surface area contributed by atoms with Crippen molar-refractivity contribution in [3.8, 4) is 16.3 Å². The highest BCUT2D eigenvalue weighted by molar-refractivity contribution is 7.21. The van der Waals surface area contributed by atoms with E-state index in [4.69, 9.17) is 9.47 Å². The molecular weight excluding hydrogens is 434 g/mol. The summed E-state index contributed by atoms with van der Waals surface area (Å²) in [6, 6.07) is 15.5. The first-order chi connectivity index (χ1) is 15.1. The van der Waals surface area contributed by atoms with Gasteiger partial charge in [0.2, 0.25) is 0 Å². The average molecular weight is 454 g/mol. The number of thiazole rings is 2. The first-order valence-corrected chi connectivity index (χ1v) is 11.3. The zero-order valence-electron chi connectivity index (χ0n) is 16.7. The van der Waals surface area contributed by atoms with Crippen molar-refractivity contribution in [2.24, 2.45) is 0 Å². The molecule has 4 rings (SSSR count). The predicted octanol–water partition coefficient (Wildman–Crippen LogP) is 4.54. The standard InChI is InChI=1S/C22H19N3O4S2/c1-2-28-20(27)11-15-13-30-22(23-15)25-19(26)12-29-16-9-7-14(8-10-16)21-24-17-5-3-4-6-18(17)31-21/h3-10,13H,2,11-12H2,1H3,(H,23,25,26). The van der Waals surface area contributed by atoms with Gasteiger partial charge in [-0.3, -0.25) is 14.9 Å². The van der Waals surface area contributed by atoms with Crippen LogP contribution in [0, 0.1) is 0 Å². The second-order valence-corrected chi connectivity index (χ2v) is 8.36. The van der Waals surface area contributed by atoms with Crippen LogP contribution in [0.2, 0.25) is 0 Å². The van der Waals surface area contributed by atoms with Crippen LogP contribution in [0.3, 0.4) is 0 Å². The van der Waals surface area contributed by atoms with Gasteiger partial charge in [0.25, 0.3) is 5.91 Å². The zero-order valence-corrected chi connectivity index (χ0v) is 18.3. The molecule has 9 heteroatoms. The Balaban J connectivity index is 1.29. The van der Waals surface area contributed by atoms with E-state index in [9.17, 15) is 9.59 Å². The fourth-order valence-electron chi connectivity index (χ4n) is 2.80. The Kier molecular flexibility index (Phi) is 6.54. The van der Waals surface area contributed by atoms with Crippen molar-refractivity contribution in [3.05, 3.63) is 59.6 Å². The van der Waals surface area contributed by atoms with E-state index in [1.807, 2.05) is 42.5 Å². The number of aromatic nitrogens is 2. The number of ether oxygens (including phenoxy) is 2. The maximum atomic E-state index is 12.1. The number of fused-ring (bicyclic) bond motifs is 1. The number of rotatable bonds is 8. The van der Waals surface area contributed by atoms with Crippen molar-refractivity contribution in [2.45, 2.75) is 13.3 Å². The number of hydrogen-bond acceptors (Lipinski definition) is 8. The molecule has 4 aromatic rings. The normalized spacial score (nSPS) is 10.7. The minimum Gasteiger partial charge on any atom is -0.484 e. The molecule has 0 atom stereocenters. The van der Waals surface area contributed by atoms with Crippen molar-refractivity contribution in [2.75, 3.05) is 18.5 Å². The third-order valence-corrected chi connectivity index (χ3v) is 6.09. The predicted molar refractivity (Wildman–Crippen MR) is 122 cm³/mol. The number of carbonyl (C=O) groups is 2. The van der Waals surface area contributed by atoms with Gasteiger partial charge in [-0.1, -0.05) is 12.1 Å². The van der Waals surface area contributed by atoms with Crippen LogP contribution >= 0.6 is 22.7 Å². The lowest BCUT2D eigenvalue weighted by molar-refractivity contribution is -0.142. The van der Waals surface area contributed by atoms with Crippen LogP contribution in [0.5, 0.6) is 5.75 Å². The van der Waals surface area contributed by atoms with Gasteiger partial charge < -0.3 is 9.47 Å². The van der Waals surface area contributed by atoms with Gasteiger partial charge in [-0.25, -0.2) is 9.97 Å². The molecule has 2 aromatic heterocycles. The highest BCUT2D eigenvalue weighted by atomic mass is 32.1. The van der Waals surface area contributed by atoms with E-state index in [1.165, 1.54) is 11.3 Å². The Labute approximate surface area is 186 Å². The molecule has 2 heterocycles. The lowest BCUT2D eigenvalue weighted by Crippen LogP contribution is -2.20. The number of para-hydroxylation sites is 1. The quantitative estimate of drug-likeness (QED) is 0.394. The third-order valence-electron chi connectivity index (χ3n) is 4.19. The molecule has 0 saturated carbocycles. The Morgan fingerprint density at radius 1 is 1.06 bits per heavy atom. The van der Waals surface area contributed by atoms with Gasteiger partial charge in [0.15, 0.2) is 11.7 Å². The SMILES string of the molecule is CCOC(=O)Cc1csc(NC(=O)COc2ccc(-c3nc4ccccc4s3)cc2)n1. The van der Waals surface area contributed by atoms with Crippen LogP contribution in [-0.2, 0) is 20.7 Å². The molecule has 0 fully saturated rings. The first-order valence-electron chi connectivity index (χ1n) is 9.59. The fourth-order valence-corrected chi connectivity index (χ4v) is 4.50. The molecule has 1 amide bonds. The van der Waals surface area contributed by atoms with E-state index in [0.29, 0.717) is 23.2 Å². The van der Waals surface area contributed by atoms with E-state index in [-0.39, 0.29) is 24.9 Å². The molecule has 0 unspecified atom stereocenters. The summed E-state index contributed by atoms with van der Waals surface area (Å²) < 4.78 is 11.6. The molecule has 2 aromatic carbocycles. The monoisotopic (exact) mass is 453 g/mol. The maximum absolute atomic E-state index is 12.1. The van der Waals surface area contributed by atoms with Crippen molar-refractivity contribution in [1.29, 1.82) is 0 Å². The van der Waals surface area contributed by atoms with Crippen molar-refractivity contribution < 1.29 is 19.1 Å². The molecule has 0 radical (unpaired) electrons. The number of nitrogens with zero attached hydrogens (tertiary/aromatic N) is 2. The van der Waals surface area contributed by atoms with Crippen LogP contribution < -0.4 is 10.1 Å². The van der Waals surface area contributed by atoms with E-state index in [0.717, 1.165) is 20.8 Å². The summed E-state index contributed by atoms with van der Waals surface area (Å²) in [6.07, 6.45) is 0.0811. The van der Waals surface area contributed by atoms with Gasteiger partial charge >= 0.3 is 5.97 Å². The summed E-state index contributed by atoms with van der Waals surface area (Å²) in [5.41, 5.74) is 2.53. The molecule has 0 saturated heterocycles. The van der Waals surface area contributed by atoms with Crippen LogP contribution in [0.1, 0.15) is 12.6 Å². The molecule has 1 N–H and O–H groups in total. The zero-order chi connectivity index (χ0) is 21.6. The molecule has 158 valence electrons. The van der Waals surface area contributed by atoms with Crippen LogP contribution in [0.15, 0.2) is 53.9 Å². The van der Waals surface area contributed by atoms with E-state index in [1.54, 1.807) is 23.6 Å². The first kappa shape index (κ1) is 21.0. The van der Waals surface area contributed by atoms with Crippen LogP contribution in [0.4, 0.5) is 5.13 Å². The molecule has 31 heavy (non-hydrogen) atoms. The van der Waals surface area contributed by atoms with E-state index in [2.05, 4.69) is 21.4 Å². The number of carbonyl (C=O) groups excluding carboxylic acids is 2. The lowest BCUT2D eigenvalue weighted by Gasteiger charge is -2.06. The Morgan fingerprint density at radius 3 is 2.65 bits per heavy atom. The Bertz CT molecular complexity index is 1170. The smallest absolute Gasteiger partial charge is 0.311 e. The van der Waals surface area contributed by atoms with Crippen molar-refractivity contribution in [3.63, 3.8) is 0 Å². The fraction of sp³-hybridized carbons (Fsp3) is 0.182. The number of nitrogens with one attached hydrogen (secondary N) is 1.